The van der Waals surface area contributed by atoms with Crippen LogP contribution in [0.15, 0.2) is 12.1 Å². The topological polar surface area (TPSA) is 72.9 Å². The van der Waals surface area contributed by atoms with Crippen molar-refractivity contribution in [3.05, 3.63) is 28.3 Å². The highest BCUT2D eigenvalue weighted by Gasteiger charge is 2.27. The van der Waals surface area contributed by atoms with Gasteiger partial charge in [0.2, 0.25) is 5.91 Å². The van der Waals surface area contributed by atoms with E-state index in [4.69, 9.17) is 16.7 Å². The number of likely N-dealkylation sites (tertiary alicyclic amines) is 1. The lowest BCUT2D eigenvalue weighted by Gasteiger charge is -2.28. The number of likely N-dealkylation sites (N-methyl/N-ethyl adjacent to an activating group) is 1. The molecule has 1 amide bonds. The van der Waals surface area contributed by atoms with E-state index in [0.717, 1.165) is 43.5 Å². The van der Waals surface area contributed by atoms with E-state index in [9.17, 15) is 9.59 Å². The number of aryl methyl sites for hydroxylation is 2. The number of carbonyl (C=O) groups excluding carboxylic acids is 1. The molecule has 8 heteroatoms. The molecule has 1 saturated heterocycles. The number of nitrogens with zero attached hydrogens (tertiary/aromatic N) is 2. The van der Waals surface area contributed by atoms with Gasteiger partial charge in [-0.15, -0.1) is 12.4 Å². The van der Waals surface area contributed by atoms with Crippen molar-refractivity contribution < 1.29 is 14.7 Å². The molecule has 0 spiro atoms. The third-order valence-corrected chi connectivity index (χ3v) is 5.65. The Labute approximate surface area is 178 Å². The molecule has 1 aliphatic heterocycles. The average Bonchev–Trinajstić information content (AvgIpc) is 2.82. The summed E-state index contributed by atoms with van der Waals surface area (Å²) in [7, 11) is 1.85. The third-order valence-electron chi connectivity index (χ3n) is 5.35. The number of benzene rings is 1. The van der Waals surface area contributed by atoms with Crippen LogP contribution in [-0.2, 0) is 9.59 Å². The van der Waals surface area contributed by atoms with Gasteiger partial charge in [0.15, 0.2) is 0 Å². The standard InChI is InChI=1S/C20H30ClN3O3.ClH/c1-13-10-14(2)19(17(21)11-13)22-20(27)15(3)24-8-5-6-16(7-9-24)23(4)12-18(25)26;/h10-11,15-16H,5-9,12H2,1-4H3,(H,22,27)(H,25,26);1H. The van der Waals surface area contributed by atoms with Crippen LogP contribution in [0, 0.1) is 13.8 Å². The van der Waals surface area contributed by atoms with E-state index < -0.39 is 5.97 Å². The summed E-state index contributed by atoms with van der Waals surface area (Å²) in [6.07, 6.45) is 2.74. The Bertz CT molecular complexity index is 676. The number of hydrogen-bond acceptors (Lipinski definition) is 4. The third kappa shape index (κ3) is 6.62. The Kier molecular flexibility index (Phi) is 9.70. The van der Waals surface area contributed by atoms with Crippen LogP contribution in [0.4, 0.5) is 5.69 Å². The zero-order valence-electron chi connectivity index (χ0n) is 17.0. The zero-order chi connectivity index (χ0) is 20.1. The fourth-order valence-electron chi connectivity index (χ4n) is 3.74. The second-order valence-electron chi connectivity index (χ2n) is 7.53. The fourth-order valence-corrected chi connectivity index (χ4v) is 4.11. The van der Waals surface area contributed by atoms with Gasteiger partial charge >= 0.3 is 5.97 Å². The number of rotatable bonds is 6. The maximum Gasteiger partial charge on any atom is 0.317 e. The van der Waals surface area contributed by atoms with Gasteiger partial charge in [-0.25, -0.2) is 0 Å². The highest BCUT2D eigenvalue weighted by Crippen LogP contribution is 2.28. The second-order valence-corrected chi connectivity index (χ2v) is 7.94. The lowest BCUT2D eigenvalue weighted by molar-refractivity contribution is -0.138. The van der Waals surface area contributed by atoms with E-state index in [1.54, 1.807) is 0 Å². The van der Waals surface area contributed by atoms with Gasteiger partial charge in [0, 0.05) is 12.6 Å². The Hall–Kier alpha value is -1.34. The Morgan fingerprint density at radius 3 is 2.61 bits per heavy atom. The number of aliphatic carboxylic acids is 1. The van der Waals surface area contributed by atoms with E-state index in [1.165, 1.54) is 0 Å². The molecular formula is C20H31Cl2N3O3. The number of carbonyl (C=O) groups is 2. The lowest BCUT2D eigenvalue weighted by atomic mass is 10.1. The molecular weight excluding hydrogens is 401 g/mol. The molecule has 0 aliphatic carbocycles. The first kappa shape index (κ1) is 24.7. The molecule has 1 aliphatic rings. The summed E-state index contributed by atoms with van der Waals surface area (Å²) in [4.78, 5) is 27.8. The second kappa shape index (κ2) is 11.0. The minimum absolute atomic E-state index is 0. The summed E-state index contributed by atoms with van der Waals surface area (Å²) in [5, 5.41) is 12.5. The van der Waals surface area contributed by atoms with Crippen LogP contribution in [0.5, 0.6) is 0 Å². The van der Waals surface area contributed by atoms with E-state index in [1.807, 2.05) is 44.9 Å². The largest absolute Gasteiger partial charge is 0.480 e. The van der Waals surface area contributed by atoms with Gasteiger partial charge in [0.1, 0.15) is 0 Å². The Morgan fingerprint density at radius 2 is 2.00 bits per heavy atom. The summed E-state index contributed by atoms with van der Waals surface area (Å²) in [6, 6.07) is 3.81. The molecule has 28 heavy (non-hydrogen) atoms. The van der Waals surface area contributed by atoms with Gasteiger partial charge < -0.3 is 10.4 Å². The first-order valence-electron chi connectivity index (χ1n) is 9.42. The lowest BCUT2D eigenvalue weighted by Crippen LogP contribution is -2.43. The van der Waals surface area contributed by atoms with Crippen LogP contribution in [0.1, 0.15) is 37.3 Å². The number of anilines is 1. The van der Waals surface area contributed by atoms with Crippen molar-refractivity contribution >= 4 is 41.6 Å². The van der Waals surface area contributed by atoms with Crippen LogP contribution in [0.2, 0.25) is 5.02 Å². The summed E-state index contributed by atoms with van der Waals surface area (Å²) in [5.41, 5.74) is 2.69. The minimum Gasteiger partial charge on any atom is -0.480 e. The highest BCUT2D eigenvalue weighted by molar-refractivity contribution is 6.34. The van der Waals surface area contributed by atoms with Crippen LogP contribution < -0.4 is 5.32 Å². The number of nitrogens with one attached hydrogen (secondary N) is 1. The number of hydrogen-bond donors (Lipinski definition) is 2. The fraction of sp³-hybridized carbons (Fsp3) is 0.600. The van der Waals surface area contributed by atoms with Gasteiger partial charge in [-0.1, -0.05) is 17.7 Å². The number of halogens is 2. The molecule has 1 aromatic rings. The first-order chi connectivity index (χ1) is 12.7. The molecule has 0 aromatic heterocycles. The van der Waals surface area contributed by atoms with Gasteiger partial charge in [-0.2, -0.15) is 0 Å². The SMILES string of the molecule is Cc1cc(C)c(NC(=O)C(C)N2CCCC(N(C)CC(=O)O)CC2)c(Cl)c1.Cl. The Balaban J connectivity index is 0.00000392. The molecule has 2 rings (SSSR count). The predicted octanol–water partition coefficient (Wildman–Crippen LogP) is 3.58. The zero-order valence-corrected chi connectivity index (χ0v) is 18.6. The molecule has 158 valence electrons. The molecule has 1 fully saturated rings. The van der Waals surface area contributed by atoms with E-state index >= 15 is 0 Å². The smallest absolute Gasteiger partial charge is 0.317 e. The highest BCUT2D eigenvalue weighted by atomic mass is 35.5. The summed E-state index contributed by atoms with van der Waals surface area (Å²) >= 11 is 6.31. The van der Waals surface area contributed by atoms with Crippen molar-refractivity contribution in [1.29, 1.82) is 0 Å². The van der Waals surface area contributed by atoms with Crippen molar-refractivity contribution in [2.75, 3.05) is 32.0 Å². The van der Waals surface area contributed by atoms with Gasteiger partial charge in [-0.3, -0.25) is 19.4 Å². The normalized spacial score (nSPS) is 18.9. The molecule has 2 N–H and O–H groups in total. The first-order valence-corrected chi connectivity index (χ1v) is 9.80. The van der Waals surface area contributed by atoms with Crippen LogP contribution in [-0.4, -0.2) is 65.5 Å². The number of carboxylic acids is 1. The van der Waals surface area contributed by atoms with Crippen molar-refractivity contribution in [2.45, 2.75) is 52.1 Å². The van der Waals surface area contributed by atoms with Crippen molar-refractivity contribution in [3.8, 4) is 0 Å². The molecule has 2 unspecified atom stereocenters. The van der Waals surface area contributed by atoms with Crippen LogP contribution in [0.25, 0.3) is 0 Å². The minimum atomic E-state index is -0.809. The molecule has 0 radical (unpaired) electrons. The van der Waals surface area contributed by atoms with Crippen molar-refractivity contribution in [3.63, 3.8) is 0 Å². The maximum atomic E-state index is 12.8. The van der Waals surface area contributed by atoms with Crippen LogP contribution >= 0.6 is 24.0 Å². The maximum absolute atomic E-state index is 12.8. The van der Waals surface area contributed by atoms with Gasteiger partial charge in [-0.05, 0) is 70.8 Å². The average molecular weight is 432 g/mol. The molecule has 1 heterocycles. The molecule has 0 saturated carbocycles. The van der Waals surface area contributed by atoms with Gasteiger partial charge in [0.05, 0.1) is 23.3 Å². The predicted molar refractivity (Wildman–Crippen MR) is 116 cm³/mol. The molecule has 6 nitrogen and oxygen atoms in total. The monoisotopic (exact) mass is 431 g/mol. The molecule has 0 bridgehead atoms. The van der Waals surface area contributed by atoms with Crippen LogP contribution in [0.3, 0.4) is 0 Å². The quantitative estimate of drug-likeness (QED) is 0.719. The summed E-state index contributed by atoms with van der Waals surface area (Å²) in [6.45, 7) is 7.46. The number of amides is 1. The van der Waals surface area contributed by atoms with E-state index in [2.05, 4.69) is 10.2 Å². The molecule has 1 aromatic carbocycles. The number of carboxylic acid groups (broad SMARTS) is 1. The van der Waals surface area contributed by atoms with Crippen molar-refractivity contribution in [2.24, 2.45) is 0 Å². The molecule has 2 atom stereocenters. The van der Waals surface area contributed by atoms with E-state index in [-0.39, 0.29) is 36.9 Å². The summed E-state index contributed by atoms with van der Waals surface area (Å²) < 4.78 is 0. The van der Waals surface area contributed by atoms with E-state index in [0.29, 0.717) is 10.7 Å². The van der Waals surface area contributed by atoms with Crippen molar-refractivity contribution in [1.82, 2.24) is 9.80 Å². The van der Waals surface area contributed by atoms with Gasteiger partial charge in [0.25, 0.3) is 0 Å². The Morgan fingerprint density at radius 1 is 1.32 bits per heavy atom. The summed E-state index contributed by atoms with van der Waals surface area (Å²) in [5.74, 6) is -0.877.